The number of hydrogen-bond donors (Lipinski definition) is 2. The molecule has 0 aliphatic carbocycles. The zero-order chi connectivity index (χ0) is 17.2. The fraction of sp³-hybridized carbons (Fsp3) is 0.867. The van der Waals surface area contributed by atoms with Crippen LogP contribution in [0.5, 0.6) is 0 Å². The Labute approximate surface area is 131 Å². The first-order valence-corrected chi connectivity index (χ1v) is 7.36. The second-order valence-corrected chi connectivity index (χ2v) is 7.44. The van der Waals surface area contributed by atoms with E-state index in [0.717, 1.165) is 0 Å². The van der Waals surface area contributed by atoms with E-state index in [9.17, 15) is 14.7 Å². The first-order valence-electron chi connectivity index (χ1n) is 7.36. The molecular weight excluding hydrogens is 290 g/mol. The Morgan fingerprint density at radius 3 is 2.14 bits per heavy atom. The van der Waals surface area contributed by atoms with Gasteiger partial charge in [0.25, 0.3) is 0 Å². The molecule has 0 aromatic carbocycles. The van der Waals surface area contributed by atoms with Crippen molar-refractivity contribution in [2.24, 2.45) is 0 Å². The Hall–Kier alpha value is -1.34. The van der Waals surface area contributed by atoms with Crippen LogP contribution in [0.4, 0.5) is 4.79 Å². The van der Waals surface area contributed by atoms with Crippen LogP contribution in [0.3, 0.4) is 0 Å². The van der Waals surface area contributed by atoms with E-state index in [4.69, 9.17) is 14.2 Å². The van der Waals surface area contributed by atoms with Gasteiger partial charge in [-0.2, -0.15) is 0 Å². The Balaban J connectivity index is 2.97. The molecule has 0 bridgehead atoms. The number of esters is 1. The zero-order valence-corrected chi connectivity index (χ0v) is 14.2. The lowest BCUT2D eigenvalue weighted by atomic mass is 9.87. The molecule has 2 N–H and O–H groups in total. The van der Waals surface area contributed by atoms with Crippen molar-refractivity contribution in [1.29, 1.82) is 0 Å². The van der Waals surface area contributed by atoms with Gasteiger partial charge in [0.15, 0.2) is 5.54 Å². The predicted molar refractivity (Wildman–Crippen MR) is 79.4 cm³/mol. The van der Waals surface area contributed by atoms with Crippen molar-refractivity contribution in [3.05, 3.63) is 0 Å². The van der Waals surface area contributed by atoms with Gasteiger partial charge in [-0.1, -0.05) is 0 Å². The van der Waals surface area contributed by atoms with Crippen molar-refractivity contribution >= 4 is 12.1 Å². The molecule has 1 rings (SSSR count). The fourth-order valence-electron chi connectivity index (χ4n) is 2.03. The molecule has 1 saturated heterocycles. The Bertz CT molecular complexity index is 423. The quantitative estimate of drug-likeness (QED) is 0.747. The molecule has 1 aliphatic heterocycles. The molecule has 1 fully saturated rings. The number of nitrogens with one attached hydrogen (secondary N) is 1. The molecule has 22 heavy (non-hydrogen) atoms. The number of aliphatic hydroxyl groups is 1. The van der Waals surface area contributed by atoms with Gasteiger partial charge in [-0.05, 0) is 41.5 Å². The first-order chi connectivity index (χ1) is 9.86. The highest BCUT2D eigenvalue weighted by Crippen LogP contribution is 2.26. The second-order valence-electron chi connectivity index (χ2n) is 7.44. The molecule has 0 saturated carbocycles. The Kier molecular flexibility index (Phi) is 5.46. The van der Waals surface area contributed by atoms with Crippen molar-refractivity contribution in [2.75, 3.05) is 13.2 Å². The van der Waals surface area contributed by atoms with E-state index in [1.165, 1.54) is 0 Å². The van der Waals surface area contributed by atoms with Crippen LogP contribution < -0.4 is 5.32 Å². The van der Waals surface area contributed by atoms with Gasteiger partial charge in [-0.3, -0.25) is 0 Å². The molecule has 7 nitrogen and oxygen atoms in total. The SMILES string of the molecule is CC(C)(C)OC(=O)N[C@]1(C(=O)OC(C)(C)C)CCOC[C@H]1O. The van der Waals surface area contributed by atoms with Crippen molar-refractivity contribution in [2.45, 2.75) is 70.8 Å². The molecular formula is C15H27NO6. The lowest BCUT2D eigenvalue weighted by Gasteiger charge is -2.41. The van der Waals surface area contributed by atoms with Crippen LogP contribution >= 0.6 is 0 Å². The summed E-state index contributed by atoms with van der Waals surface area (Å²) in [7, 11) is 0. The van der Waals surface area contributed by atoms with Crippen molar-refractivity contribution in [3.63, 3.8) is 0 Å². The smallest absolute Gasteiger partial charge is 0.408 e. The molecule has 0 radical (unpaired) electrons. The van der Waals surface area contributed by atoms with Gasteiger partial charge in [0, 0.05) is 13.0 Å². The van der Waals surface area contributed by atoms with E-state index < -0.39 is 34.9 Å². The molecule has 0 unspecified atom stereocenters. The van der Waals surface area contributed by atoms with E-state index in [-0.39, 0.29) is 19.6 Å². The van der Waals surface area contributed by atoms with Gasteiger partial charge in [0.2, 0.25) is 0 Å². The summed E-state index contributed by atoms with van der Waals surface area (Å²) in [5, 5.41) is 12.7. The Morgan fingerprint density at radius 1 is 1.14 bits per heavy atom. The van der Waals surface area contributed by atoms with Gasteiger partial charge in [0.1, 0.15) is 17.3 Å². The summed E-state index contributed by atoms with van der Waals surface area (Å²) in [6.07, 6.45) is -1.87. The summed E-state index contributed by atoms with van der Waals surface area (Å²) < 4.78 is 15.7. The minimum atomic E-state index is -1.56. The van der Waals surface area contributed by atoms with E-state index in [2.05, 4.69) is 5.32 Å². The maximum Gasteiger partial charge on any atom is 0.408 e. The number of rotatable bonds is 2. The number of carbonyl (C=O) groups excluding carboxylic acids is 2. The highest BCUT2D eigenvalue weighted by Gasteiger charge is 2.51. The number of carbonyl (C=O) groups is 2. The number of amides is 1. The number of aliphatic hydroxyl groups excluding tert-OH is 1. The van der Waals surface area contributed by atoms with E-state index in [1.54, 1.807) is 41.5 Å². The summed E-state index contributed by atoms with van der Waals surface area (Å²) in [4.78, 5) is 24.6. The van der Waals surface area contributed by atoms with Crippen LogP contribution in [-0.2, 0) is 19.0 Å². The largest absolute Gasteiger partial charge is 0.458 e. The molecule has 1 heterocycles. The molecule has 0 spiro atoms. The lowest BCUT2D eigenvalue weighted by molar-refractivity contribution is -0.177. The van der Waals surface area contributed by atoms with Crippen molar-refractivity contribution in [1.82, 2.24) is 5.32 Å². The van der Waals surface area contributed by atoms with Crippen LogP contribution in [0.25, 0.3) is 0 Å². The van der Waals surface area contributed by atoms with Crippen molar-refractivity contribution in [3.8, 4) is 0 Å². The summed E-state index contributed by atoms with van der Waals surface area (Å²) >= 11 is 0. The minimum Gasteiger partial charge on any atom is -0.458 e. The number of hydrogen-bond acceptors (Lipinski definition) is 6. The number of alkyl carbamates (subject to hydrolysis) is 1. The standard InChI is InChI=1S/C15H27NO6/c1-13(2,3)21-11(18)15(7-8-20-9-10(15)17)16-12(19)22-14(4,5)6/h10,17H,7-9H2,1-6H3,(H,16,19)/t10-,15-/m1/s1. The lowest BCUT2D eigenvalue weighted by Crippen LogP contribution is -2.67. The van der Waals surface area contributed by atoms with E-state index >= 15 is 0 Å². The molecule has 128 valence electrons. The molecule has 0 aromatic rings. The first kappa shape index (κ1) is 18.7. The number of ether oxygens (including phenoxy) is 3. The third-order valence-electron chi connectivity index (χ3n) is 2.97. The van der Waals surface area contributed by atoms with Gasteiger partial charge < -0.3 is 24.6 Å². The third-order valence-corrected chi connectivity index (χ3v) is 2.97. The third kappa shape index (κ3) is 5.14. The molecule has 0 aromatic heterocycles. The fourth-order valence-corrected chi connectivity index (χ4v) is 2.03. The summed E-state index contributed by atoms with van der Waals surface area (Å²) in [6.45, 7) is 10.5. The average molecular weight is 317 g/mol. The van der Waals surface area contributed by atoms with E-state index in [1.807, 2.05) is 0 Å². The van der Waals surface area contributed by atoms with Crippen LogP contribution in [0, 0.1) is 0 Å². The van der Waals surface area contributed by atoms with Crippen LogP contribution in [0.2, 0.25) is 0 Å². The molecule has 1 aliphatic rings. The maximum atomic E-state index is 12.5. The zero-order valence-electron chi connectivity index (χ0n) is 14.2. The summed E-state index contributed by atoms with van der Waals surface area (Å²) in [6, 6.07) is 0. The highest BCUT2D eigenvalue weighted by molar-refractivity contribution is 5.87. The average Bonchev–Trinajstić information content (AvgIpc) is 2.27. The van der Waals surface area contributed by atoms with Crippen LogP contribution in [0.1, 0.15) is 48.0 Å². The highest BCUT2D eigenvalue weighted by atomic mass is 16.6. The Morgan fingerprint density at radius 2 is 1.68 bits per heavy atom. The molecule has 1 amide bonds. The molecule has 7 heteroatoms. The predicted octanol–water partition coefficient (Wildman–Crippen LogP) is 1.37. The van der Waals surface area contributed by atoms with Crippen LogP contribution in [0.15, 0.2) is 0 Å². The normalized spacial score (nSPS) is 26.2. The maximum absolute atomic E-state index is 12.5. The van der Waals surface area contributed by atoms with Gasteiger partial charge in [0.05, 0.1) is 6.61 Å². The van der Waals surface area contributed by atoms with Gasteiger partial charge in [-0.25, -0.2) is 9.59 Å². The molecule has 2 atom stereocenters. The minimum absolute atomic E-state index is 0.0605. The van der Waals surface area contributed by atoms with Crippen LogP contribution in [-0.4, -0.2) is 53.2 Å². The second kappa shape index (κ2) is 6.42. The monoisotopic (exact) mass is 317 g/mol. The van der Waals surface area contributed by atoms with Crippen molar-refractivity contribution < 1.29 is 28.9 Å². The van der Waals surface area contributed by atoms with Gasteiger partial charge >= 0.3 is 12.1 Å². The van der Waals surface area contributed by atoms with Gasteiger partial charge in [-0.15, -0.1) is 0 Å². The summed E-state index contributed by atoms with van der Waals surface area (Å²) in [5.41, 5.74) is -3.01. The van der Waals surface area contributed by atoms with E-state index in [0.29, 0.717) is 0 Å². The summed E-state index contributed by atoms with van der Waals surface area (Å²) in [5.74, 6) is -0.693. The topological polar surface area (TPSA) is 94.1 Å².